The maximum absolute atomic E-state index is 8.89. The lowest BCUT2D eigenvalue weighted by Gasteiger charge is -2.11. The number of fused-ring (bicyclic) bond motifs is 1. The molecule has 0 aromatic heterocycles. The standard InChI is InChI=1S/C12H16NO.C2H4O2/c14-9-3-7-13-8-6-11-4-1-2-5-12(11)10-13;1-2(3)4/h1-2,4-5,10,14H,3,6-9H2;1H3,(H,3,4)/q+1;/p-1. The molecule has 0 saturated heterocycles. The fourth-order valence-corrected chi connectivity index (χ4v) is 1.86. The summed E-state index contributed by atoms with van der Waals surface area (Å²) in [4.78, 5) is 8.89. The Hall–Kier alpha value is -1.68. The quantitative estimate of drug-likeness (QED) is 0.755. The fraction of sp³-hybridized carbons (Fsp3) is 0.429. The molecular weight excluding hydrogens is 230 g/mol. The van der Waals surface area contributed by atoms with Crippen molar-refractivity contribution >= 4 is 12.2 Å². The Balaban J connectivity index is 0.000000357. The first-order chi connectivity index (χ1) is 8.63. The van der Waals surface area contributed by atoms with E-state index in [0.717, 1.165) is 32.9 Å². The van der Waals surface area contributed by atoms with E-state index in [9.17, 15) is 0 Å². The molecule has 0 radical (unpaired) electrons. The minimum absolute atomic E-state index is 0.284. The van der Waals surface area contributed by atoms with Crippen LogP contribution in [0.3, 0.4) is 0 Å². The average Bonchev–Trinajstić information content (AvgIpc) is 2.35. The van der Waals surface area contributed by atoms with Gasteiger partial charge in [-0.15, -0.1) is 0 Å². The van der Waals surface area contributed by atoms with Crippen molar-refractivity contribution in [1.82, 2.24) is 0 Å². The molecule has 1 aliphatic rings. The predicted octanol–water partition coefficient (Wildman–Crippen LogP) is -0.187. The lowest BCUT2D eigenvalue weighted by atomic mass is 10.0. The Morgan fingerprint density at radius 1 is 1.44 bits per heavy atom. The van der Waals surface area contributed by atoms with Crippen LogP contribution < -0.4 is 5.11 Å². The minimum atomic E-state index is -1.08. The molecular formula is C14H19NO3. The summed E-state index contributed by atoms with van der Waals surface area (Å²) in [7, 11) is 0. The number of rotatable bonds is 3. The zero-order chi connectivity index (χ0) is 13.4. The van der Waals surface area contributed by atoms with Crippen molar-refractivity contribution < 1.29 is 19.6 Å². The van der Waals surface area contributed by atoms with Gasteiger partial charge in [0.05, 0.1) is 0 Å². The molecule has 2 rings (SSSR count). The van der Waals surface area contributed by atoms with Crippen LogP contribution in [0.2, 0.25) is 0 Å². The number of carboxylic acids is 1. The molecule has 0 aliphatic carbocycles. The SMILES string of the molecule is CC(=O)[O-].OCCC[N+]1=Cc2ccccc2CC1. The van der Waals surface area contributed by atoms with Gasteiger partial charge in [-0.05, 0) is 18.6 Å². The first-order valence-corrected chi connectivity index (χ1v) is 6.08. The maximum Gasteiger partial charge on any atom is 0.170 e. The Bertz CT molecular complexity index is 423. The Morgan fingerprint density at radius 2 is 2.11 bits per heavy atom. The van der Waals surface area contributed by atoms with Gasteiger partial charge in [0.2, 0.25) is 0 Å². The number of carboxylic acid groups (broad SMARTS) is 1. The molecule has 18 heavy (non-hydrogen) atoms. The Kier molecular flexibility index (Phi) is 6.08. The van der Waals surface area contributed by atoms with Gasteiger partial charge in [0.15, 0.2) is 6.21 Å². The third kappa shape index (κ3) is 5.10. The van der Waals surface area contributed by atoms with Crippen molar-refractivity contribution in [2.75, 3.05) is 19.7 Å². The molecule has 1 aliphatic heterocycles. The van der Waals surface area contributed by atoms with E-state index < -0.39 is 5.97 Å². The average molecular weight is 249 g/mol. The largest absolute Gasteiger partial charge is 0.550 e. The number of carbonyl (C=O) groups excluding carboxylic acids is 1. The smallest absolute Gasteiger partial charge is 0.170 e. The third-order valence-corrected chi connectivity index (χ3v) is 2.65. The lowest BCUT2D eigenvalue weighted by Crippen LogP contribution is -2.24. The Morgan fingerprint density at radius 3 is 2.78 bits per heavy atom. The maximum atomic E-state index is 8.89. The first kappa shape index (κ1) is 14.4. The molecule has 0 spiro atoms. The van der Waals surface area contributed by atoms with Gasteiger partial charge >= 0.3 is 0 Å². The van der Waals surface area contributed by atoms with Crippen molar-refractivity contribution in [2.45, 2.75) is 19.8 Å². The van der Waals surface area contributed by atoms with Crippen molar-refractivity contribution in [3.05, 3.63) is 35.4 Å². The second-order valence-corrected chi connectivity index (χ2v) is 4.18. The van der Waals surface area contributed by atoms with Crippen LogP contribution in [0.4, 0.5) is 0 Å². The molecule has 0 atom stereocenters. The number of hydrogen-bond donors (Lipinski definition) is 1. The summed E-state index contributed by atoms with van der Waals surface area (Å²) in [6.45, 7) is 3.30. The first-order valence-electron chi connectivity index (χ1n) is 6.08. The van der Waals surface area contributed by atoms with Crippen molar-refractivity contribution in [1.29, 1.82) is 0 Å². The van der Waals surface area contributed by atoms with Crippen molar-refractivity contribution in [2.24, 2.45) is 0 Å². The van der Waals surface area contributed by atoms with E-state index in [1.165, 1.54) is 11.1 Å². The van der Waals surface area contributed by atoms with E-state index in [1.54, 1.807) is 0 Å². The zero-order valence-electron chi connectivity index (χ0n) is 10.6. The van der Waals surface area contributed by atoms with E-state index in [-0.39, 0.29) is 6.61 Å². The normalized spacial score (nSPS) is 12.9. The molecule has 0 fully saturated rings. The highest BCUT2D eigenvalue weighted by atomic mass is 16.4. The summed E-state index contributed by atoms with van der Waals surface area (Å²) in [5, 5.41) is 17.6. The molecule has 0 unspecified atom stereocenters. The number of nitrogens with zero attached hydrogens (tertiary/aromatic N) is 1. The number of aliphatic hydroxyl groups excluding tert-OH is 1. The summed E-state index contributed by atoms with van der Waals surface area (Å²) < 4.78 is 2.29. The third-order valence-electron chi connectivity index (χ3n) is 2.65. The van der Waals surface area contributed by atoms with Crippen LogP contribution in [0.5, 0.6) is 0 Å². The van der Waals surface area contributed by atoms with Crippen LogP contribution in [0.25, 0.3) is 0 Å². The molecule has 4 heteroatoms. The van der Waals surface area contributed by atoms with Crippen LogP contribution in [-0.4, -0.2) is 41.6 Å². The lowest BCUT2D eigenvalue weighted by molar-refractivity contribution is -0.524. The number of aliphatic hydroxyl groups is 1. The summed E-state index contributed by atoms with van der Waals surface area (Å²) >= 11 is 0. The molecule has 98 valence electrons. The van der Waals surface area contributed by atoms with Gasteiger partial charge in [-0.1, -0.05) is 18.2 Å². The van der Waals surface area contributed by atoms with Gasteiger partial charge in [-0.25, -0.2) is 4.58 Å². The summed E-state index contributed by atoms with van der Waals surface area (Å²) in [6.07, 6.45) is 4.19. The summed E-state index contributed by atoms with van der Waals surface area (Å²) in [6, 6.07) is 8.51. The highest BCUT2D eigenvalue weighted by molar-refractivity contribution is 5.78. The molecule has 1 heterocycles. The molecule has 1 N–H and O–H groups in total. The molecule has 1 aromatic carbocycles. The van der Waals surface area contributed by atoms with Gasteiger partial charge in [-0.2, -0.15) is 0 Å². The van der Waals surface area contributed by atoms with Gasteiger partial charge in [0.25, 0.3) is 0 Å². The topological polar surface area (TPSA) is 63.4 Å². The predicted molar refractivity (Wildman–Crippen MR) is 67.7 cm³/mol. The number of aliphatic carboxylic acids is 1. The minimum Gasteiger partial charge on any atom is -0.550 e. The van der Waals surface area contributed by atoms with E-state index in [0.29, 0.717) is 0 Å². The van der Waals surface area contributed by atoms with Crippen molar-refractivity contribution in [3.63, 3.8) is 0 Å². The van der Waals surface area contributed by atoms with Crippen LogP contribution in [0, 0.1) is 0 Å². The number of hydrogen-bond acceptors (Lipinski definition) is 3. The Labute approximate surface area is 107 Å². The second kappa shape index (κ2) is 7.61. The van der Waals surface area contributed by atoms with Gasteiger partial charge in [0.1, 0.15) is 13.1 Å². The number of carbonyl (C=O) groups is 1. The van der Waals surface area contributed by atoms with E-state index in [2.05, 4.69) is 35.1 Å². The molecule has 1 aromatic rings. The van der Waals surface area contributed by atoms with Gasteiger partial charge in [-0.3, -0.25) is 0 Å². The van der Waals surface area contributed by atoms with Crippen LogP contribution >= 0.6 is 0 Å². The van der Waals surface area contributed by atoms with Crippen LogP contribution in [0.15, 0.2) is 24.3 Å². The van der Waals surface area contributed by atoms with Crippen LogP contribution in [0.1, 0.15) is 24.5 Å². The molecule has 0 amide bonds. The van der Waals surface area contributed by atoms with E-state index in [4.69, 9.17) is 15.0 Å². The zero-order valence-corrected chi connectivity index (χ0v) is 10.6. The van der Waals surface area contributed by atoms with E-state index >= 15 is 0 Å². The molecule has 0 bridgehead atoms. The molecule has 4 nitrogen and oxygen atoms in total. The fourth-order valence-electron chi connectivity index (χ4n) is 1.86. The highest BCUT2D eigenvalue weighted by Crippen LogP contribution is 2.10. The van der Waals surface area contributed by atoms with Crippen molar-refractivity contribution in [3.8, 4) is 0 Å². The van der Waals surface area contributed by atoms with Gasteiger partial charge < -0.3 is 15.0 Å². The van der Waals surface area contributed by atoms with Crippen LogP contribution in [-0.2, 0) is 11.2 Å². The number of benzene rings is 1. The van der Waals surface area contributed by atoms with E-state index in [1.807, 2.05) is 0 Å². The summed E-state index contributed by atoms with van der Waals surface area (Å²) in [5.74, 6) is -1.08. The molecule has 0 saturated carbocycles. The highest BCUT2D eigenvalue weighted by Gasteiger charge is 2.13. The summed E-state index contributed by atoms with van der Waals surface area (Å²) in [5.41, 5.74) is 2.77. The van der Waals surface area contributed by atoms with Gasteiger partial charge in [0, 0.05) is 31.0 Å². The monoisotopic (exact) mass is 249 g/mol. The second-order valence-electron chi connectivity index (χ2n) is 4.18.